The number of benzene rings is 1. The lowest BCUT2D eigenvalue weighted by molar-refractivity contribution is -0.145. The molecular formula is C14H13NO5. The van der Waals surface area contributed by atoms with Crippen molar-refractivity contribution in [1.82, 2.24) is 4.98 Å². The maximum absolute atomic E-state index is 11.2. The van der Waals surface area contributed by atoms with Crippen LogP contribution < -0.4 is 4.74 Å². The predicted octanol–water partition coefficient (Wildman–Crippen LogP) is 1.87. The standard InChI is InChI=1S/C14H13NO5/c1-2-19-13(16)8-20-12-6-4-9-7-10(14(17)18)3-5-11(9)15-12/h3-7H,2,8H2,1H3,(H,17,18). The highest BCUT2D eigenvalue weighted by Gasteiger charge is 2.07. The lowest BCUT2D eigenvalue weighted by Crippen LogP contribution is -2.15. The Morgan fingerprint density at radius 1 is 1.25 bits per heavy atom. The number of rotatable bonds is 5. The highest BCUT2D eigenvalue weighted by atomic mass is 16.6. The number of fused-ring (bicyclic) bond motifs is 1. The zero-order valence-corrected chi connectivity index (χ0v) is 10.8. The molecule has 0 saturated carbocycles. The molecule has 0 unspecified atom stereocenters. The second kappa shape index (κ2) is 6.01. The van der Waals surface area contributed by atoms with Gasteiger partial charge in [0.25, 0.3) is 0 Å². The zero-order chi connectivity index (χ0) is 14.5. The minimum atomic E-state index is -0.991. The maximum atomic E-state index is 11.2. The lowest BCUT2D eigenvalue weighted by atomic mass is 10.1. The van der Waals surface area contributed by atoms with E-state index in [1.165, 1.54) is 12.1 Å². The summed E-state index contributed by atoms with van der Waals surface area (Å²) < 4.78 is 9.94. The summed E-state index contributed by atoms with van der Waals surface area (Å²) in [5, 5.41) is 9.59. The average molecular weight is 275 g/mol. The van der Waals surface area contributed by atoms with Gasteiger partial charge in [-0.25, -0.2) is 14.6 Å². The molecule has 0 spiro atoms. The third-order valence-electron chi connectivity index (χ3n) is 2.55. The first kappa shape index (κ1) is 13.8. The molecule has 0 saturated heterocycles. The van der Waals surface area contributed by atoms with E-state index in [9.17, 15) is 9.59 Å². The number of carboxylic acid groups (broad SMARTS) is 1. The Morgan fingerprint density at radius 3 is 2.75 bits per heavy atom. The van der Waals surface area contributed by atoms with Crippen molar-refractivity contribution >= 4 is 22.8 Å². The van der Waals surface area contributed by atoms with E-state index in [-0.39, 0.29) is 18.1 Å². The Morgan fingerprint density at radius 2 is 2.05 bits per heavy atom. The number of aromatic nitrogens is 1. The van der Waals surface area contributed by atoms with Gasteiger partial charge in [-0.2, -0.15) is 0 Å². The smallest absolute Gasteiger partial charge is 0.344 e. The number of pyridine rings is 1. The molecule has 104 valence electrons. The molecule has 0 bridgehead atoms. The molecule has 0 radical (unpaired) electrons. The first-order valence-corrected chi connectivity index (χ1v) is 6.02. The Kier molecular flexibility index (Phi) is 4.14. The van der Waals surface area contributed by atoms with E-state index in [1.807, 2.05) is 0 Å². The van der Waals surface area contributed by atoms with Gasteiger partial charge in [0.1, 0.15) is 0 Å². The molecule has 1 N–H and O–H groups in total. The molecular weight excluding hydrogens is 262 g/mol. The Balaban J connectivity index is 2.15. The van der Waals surface area contributed by atoms with Crippen molar-refractivity contribution in [2.24, 2.45) is 0 Å². The topological polar surface area (TPSA) is 85.7 Å². The summed E-state index contributed by atoms with van der Waals surface area (Å²) in [4.78, 5) is 26.2. The Bertz CT molecular complexity index is 653. The molecule has 0 amide bonds. The van der Waals surface area contributed by atoms with Gasteiger partial charge in [-0.05, 0) is 31.2 Å². The molecule has 6 heteroatoms. The second-order valence-corrected chi connectivity index (χ2v) is 3.96. The van der Waals surface area contributed by atoms with Crippen molar-refractivity contribution in [2.45, 2.75) is 6.92 Å². The van der Waals surface area contributed by atoms with Crippen molar-refractivity contribution in [3.05, 3.63) is 35.9 Å². The Hall–Kier alpha value is -2.63. The van der Waals surface area contributed by atoms with Crippen LogP contribution >= 0.6 is 0 Å². The number of ether oxygens (including phenoxy) is 2. The van der Waals surface area contributed by atoms with Crippen LogP contribution in [0.2, 0.25) is 0 Å². The van der Waals surface area contributed by atoms with E-state index >= 15 is 0 Å². The average Bonchev–Trinajstić information content (AvgIpc) is 2.44. The van der Waals surface area contributed by atoms with Gasteiger partial charge in [0.2, 0.25) is 5.88 Å². The van der Waals surface area contributed by atoms with E-state index in [0.29, 0.717) is 17.5 Å². The molecule has 2 rings (SSSR count). The van der Waals surface area contributed by atoms with Crippen molar-refractivity contribution < 1.29 is 24.2 Å². The highest BCUT2D eigenvalue weighted by Crippen LogP contribution is 2.18. The van der Waals surface area contributed by atoms with Gasteiger partial charge in [0.15, 0.2) is 6.61 Å². The van der Waals surface area contributed by atoms with Crippen molar-refractivity contribution in [3.8, 4) is 5.88 Å². The van der Waals surface area contributed by atoms with Crippen molar-refractivity contribution in [3.63, 3.8) is 0 Å². The van der Waals surface area contributed by atoms with Crippen LogP contribution in [0.3, 0.4) is 0 Å². The van der Waals surface area contributed by atoms with E-state index < -0.39 is 11.9 Å². The first-order chi connectivity index (χ1) is 9.60. The summed E-state index contributed by atoms with van der Waals surface area (Å²) in [6, 6.07) is 7.85. The number of carboxylic acids is 1. The normalized spacial score (nSPS) is 10.2. The van der Waals surface area contributed by atoms with E-state index in [2.05, 4.69) is 4.98 Å². The monoisotopic (exact) mass is 275 g/mol. The molecule has 0 fully saturated rings. The summed E-state index contributed by atoms with van der Waals surface area (Å²) in [6.45, 7) is 1.80. The van der Waals surface area contributed by atoms with Crippen molar-refractivity contribution in [2.75, 3.05) is 13.2 Å². The Labute approximate surface area is 115 Å². The molecule has 1 heterocycles. The van der Waals surface area contributed by atoms with Gasteiger partial charge in [0, 0.05) is 11.5 Å². The highest BCUT2D eigenvalue weighted by molar-refractivity contribution is 5.93. The number of carbonyl (C=O) groups is 2. The maximum Gasteiger partial charge on any atom is 0.344 e. The molecule has 0 atom stereocenters. The number of hydrogen-bond donors (Lipinski definition) is 1. The number of nitrogens with zero attached hydrogens (tertiary/aromatic N) is 1. The molecule has 1 aromatic heterocycles. The second-order valence-electron chi connectivity index (χ2n) is 3.96. The number of carbonyl (C=O) groups excluding carboxylic acids is 1. The molecule has 0 aliphatic heterocycles. The van der Waals surface area contributed by atoms with Crippen LogP contribution in [-0.4, -0.2) is 35.2 Å². The van der Waals surface area contributed by atoms with Gasteiger partial charge in [0.05, 0.1) is 17.7 Å². The van der Waals surface area contributed by atoms with Crippen LogP contribution in [0.4, 0.5) is 0 Å². The van der Waals surface area contributed by atoms with Gasteiger partial charge >= 0.3 is 11.9 Å². The summed E-state index contributed by atoms with van der Waals surface area (Å²) in [6.07, 6.45) is 0. The molecule has 2 aromatic rings. The van der Waals surface area contributed by atoms with Crippen LogP contribution in [0.5, 0.6) is 5.88 Å². The van der Waals surface area contributed by atoms with Gasteiger partial charge in [-0.1, -0.05) is 0 Å². The fourth-order valence-electron chi connectivity index (χ4n) is 1.66. The van der Waals surface area contributed by atoms with Crippen LogP contribution in [0.25, 0.3) is 10.9 Å². The zero-order valence-electron chi connectivity index (χ0n) is 10.8. The summed E-state index contributed by atoms with van der Waals surface area (Å²) in [5.41, 5.74) is 0.788. The molecule has 20 heavy (non-hydrogen) atoms. The largest absolute Gasteiger partial charge is 0.478 e. The minimum Gasteiger partial charge on any atom is -0.478 e. The van der Waals surface area contributed by atoms with Crippen LogP contribution in [0, 0.1) is 0 Å². The summed E-state index contributed by atoms with van der Waals surface area (Å²) in [5.74, 6) is -1.17. The first-order valence-electron chi connectivity index (χ1n) is 6.02. The third-order valence-corrected chi connectivity index (χ3v) is 2.55. The molecule has 0 aliphatic carbocycles. The van der Waals surface area contributed by atoms with Crippen LogP contribution in [-0.2, 0) is 9.53 Å². The quantitative estimate of drug-likeness (QED) is 0.838. The van der Waals surface area contributed by atoms with Crippen LogP contribution in [0.1, 0.15) is 17.3 Å². The predicted molar refractivity (Wildman–Crippen MR) is 70.8 cm³/mol. The fraction of sp³-hybridized carbons (Fsp3) is 0.214. The van der Waals surface area contributed by atoms with E-state index in [0.717, 1.165) is 0 Å². The van der Waals surface area contributed by atoms with Gasteiger partial charge in [-0.3, -0.25) is 0 Å². The fourth-order valence-corrected chi connectivity index (χ4v) is 1.66. The SMILES string of the molecule is CCOC(=O)COc1ccc2cc(C(=O)O)ccc2n1. The van der Waals surface area contributed by atoms with E-state index in [4.69, 9.17) is 14.6 Å². The van der Waals surface area contributed by atoms with E-state index in [1.54, 1.807) is 25.1 Å². The van der Waals surface area contributed by atoms with Gasteiger partial charge < -0.3 is 14.6 Å². The summed E-state index contributed by atoms with van der Waals surface area (Å²) in [7, 11) is 0. The summed E-state index contributed by atoms with van der Waals surface area (Å²) >= 11 is 0. The molecule has 1 aromatic carbocycles. The third kappa shape index (κ3) is 3.23. The number of aromatic carboxylic acids is 1. The number of esters is 1. The molecule has 0 aliphatic rings. The van der Waals surface area contributed by atoms with Crippen LogP contribution in [0.15, 0.2) is 30.3 Å². The number of hydrogen-bond acceptors (Lipinski definition) is 5. The van der Waals surface area contributed by atoms with Crippen molar-refractivity contribution in [1.29, 1.82) is 0 Å². The molecule has 6 nitrogen and oxygen atoms in total. The lowest BCUT2D eigenvalue weighted by Gasteiger charge is -2.06. The minimum absolute atomic E-state index is 0.194. The van der Waals surface area contributed by atoms with Gasteiger partial charge in [-0.15, -0.1) is 0 Å².